The summed E-state index contributed by atoms with van der Waals surface area (Å²) in [6.45, 7) is 5.14. The van der Waals surface area contributed by atoms with Crippen molar-refractivity contribution in [2.45, 2.75) is 45.7 Å². The Bertz CT molecular complexity index is 609. The number of halogens is 1. The number of hydrogen-bond acceptors (Lipinski definition) is 4. The Kier molecular flexibility index (Phi) is 9.61. The minimum atomic E-state index is -0.652. The van der Waals surface area contributed by atoms with E-state index in [1.54, 1.807) is 20.0 Å². The fourth-order valence-corrected chi connectivity index (χ4v) is 3.30. The minimum Gasteiger partial charge on any atom is -0.352 e. The number of nitrogens with zero attached hydrogens (tertiary/aromatic N) is 2. The highest BCUT2D eigenvalue weighted by molar-refractivity contribution is 5.97. The highest BCUT2D eigenvalue weighted by atomic mass is 19.1. The molecule has 0 radical (unpaired) electrons. The number of rotatable bonds is 10. The third-order valence-electron chi connectivity index (χ3n) is 4.83. The second-order valence-electron chi connectivity index (χ2n) is 7.22. The highest BCUT2D eigenvalue weighted by Gasteiger charge is 2.34. The summed E-state index contributed by atoms with van der Waals surface area (Å²) in [5.74, 6) is -0.846. The predicted octanol–water partition coefficient (Wildman–Crippen LogP) is 0.238. The topological polar surface area (TPSA) is 98.8 Å². The van der Waals surface area contributed by atoms with Gasteiger partial charge < -0.3 is 20.4 Å². The molecule has 0 aromatic heterocycles. The van der Waals surface area contributed by atoms with Crippen molar-refractivity contribution in [3.05, 3.63) is 11.6 Å². The Morgan fingerprint density at radius 1 is 1.32 bits per heavy atom. The summed E-state index contributed by atoms with van der Waals surface area (Å²) in [7, 11) is 1.62. The number of alkyl halides is 1. The van der Waals surface area contributed by atoms with Crippen molar-refractivity contribution in [1.29, 1.82) is 0 Å². The Labute approximate surface area is 165 Å². The molecule has 0 aromatic rings. The fraction of sp³-hybridized carbons (Fsp3) is 0.684. The van der Waals surface area contributed by atoms with Gasteiger partial charge in [-0.05, 0) is 25.7 Å². The lowest BCUT2D eigenvalue weighted by atomic mass is 9.99. The van der Waals surface area contributed by atoms with Crippen LogP contribution in [0, 0.1) is 5.92 Å². The van der Waals surface area contributed by atoms with Crippen molar-refractivity contribution in [2.24, 2.45) is 5.92 Å². The first-order valence-corrected chi connectivity index (χ1v) is 9.50. The molecule has 2 N–H and O–H groups in total. The smallest absolute Gasteiger partial charge is 0.249 e. The van der Waals surface area contributed by atoms with Gasteiger partial charge in [-0.25, -0.2) is 4.39 Å². The normalized spacial score (nSPS) is 18.0. The lowest BCUT2D eigenvalue weighted by Gasteiger charge is -2.30. The fourth-order valence-electron chi connectivity index (χ4n) is 3.30. The number of carbonyl (C=O) groups is 4. The average Bonchev–Trinajstić information content (AvgIpc) is 3.16. The van der Waals surface area contributed by atoms with Gasteiger partial charge in [0, 0.05) is 25.7 Å². The van der Waals surface area contributed by atoms with E-state index in [0.717, 1.165) is 0 Å². The van der Waals surface area contributed by atoms with E-state index in [2.05, 4.69) is 10.6 Å². The summed E-state index contributed by atoms with van der Waals surface area (Å²) >= 11 is 0. The molecule has 0 aromatic carbocycles. The molecular weight excluding hydrogens is 367 g/mol. The molecule has 0 spiro atoms. The molecule has 1 aliphatic heterocycles. The maximum Gasteiger partial charge on any atom is 0.249 e. The van der Waals surface area contributed by atoms with Crippen molar-refractivity contribution >= 4 is 24.1 Å². The van der Waals surface area contributed by atoms with Crippen molar-refractivity contribution in [1.82, 2.24) is 20.4 Å². The van der Waals surface area contributed by atoms with Gasteiger partial charge in [0.2, 0.25) is 24.1 Å². The molecule has 0 aliphatic carbocycles. The zero-order chi connectivity index (χ0) is 21.3. The van der Waals surface area contributed by atoms with Crippen LogP contribution in [0.2, 0.25) is 0 Å². The van der Waals surface area contributed by atoms with Gasteiger partial charge in [0.25, 0.3) is 0 Å². The standard InChI is InChI=1S/C19H31FN4O4/c1-13(2)16(23(4)17(26)11-21-12-25)10-14(3)19(28)24-9-5-6-15(24)18(27)22-8-7-20/h10,12-13,15-16H,5-9,11H2,1-4H3,(H,21,25)(H,22,27)/t15?,16-/m1/s1. The van der Waals surface area contributed by atoms with Crippen LogP contribution >= 0.6 is 0 Å². The molecule has 28 heavy (non-hydrogen) atoms. The van der Waals surface area contributed by atoms with Crippen LogP contribution in [0.5, 0.6) is 0 Å². The number of likely N-dealkylation sites (N-methyl/N-ethyl adjacent to an activating group) is 1. The molecule has 1 saturated heterocycles. The summed E-state index contributed by atoms with van der Waals surface area (Å²) in [5.41, 5.74) is 0.437. The van der Waals surface area contributed by atoms with E-state index in [1.807, 2.05) is 13.8 Å². The molecule has 0 bridgehead atoms. The molecule has 1 heterocycles. The number of likely N-dealkylation sites (tertiary alicyclic amines) is 1. The zero-order valence-electron chi connectivity index (χ0n) is 17.0. The van der Waals surface area contributed by atoms with Crippen LogP contribution in [0.15, 0.2) is 11.6 Å². The largest absolute Gasteiger partial charge is 0.352 e. The van der Waals surface area contributed by atoms with Gasteiger partial charge in [-0.15, -0.1) is 0 Å². The van der Waals surface area contributed by atoms with E-state index in [4.69, 9.17) is 0 Å². The van der Waals surface area contributed by atoms with Gasteiger partial charge >= 0.3 is 0 Å². The monoisotopic (exact) mass is 398 g/mol. The van der Waals surface area contributed by atoms with Crippen LogP contribution in [0.4, 0.5) is 4.39 Å². The molecule has 1 fully saturated rings. The van der Waals surface area contributed by atoms with Crippen molar-refractivity contribution in [2.75, 3.05) is 33.4 Å². The summed E-state index contributed by atoms with van der Waals surface area (Å²) in [6, 6.07) is -0.942. The quantitative estimate of drug-likeness (QED) is 0.407. The van der Waals surface area contributed by atoms with E-state index >= 15 is 0 Å². The molecule has 0 saturated carbocycles. The third kappa shape index (κ3) is 6.31. The molecule has 158 valence electrons. The molecular formula is C19H31FN4O4. The van der Waals surface area contributed by atoms with Gasteiger partial charge in [0.15, 0.2) is 0 Å². The van der Waals surface area contributed by atoms with Crippen LogP contribution < -0.4 is 10.6 Å². The van der Waals surface area contributed by atoms with Crippen LogP contribution in [0.1, 0.15) is 33.6 Å². The average molecular weight is 398 g/mol. The summed E-state index contributed by atoms with van der Waals surface area (Å²) in [4.78, 5) is 50.7. The van der Waals surface area contributed by atoms with E-state index in [0.29, 0.717) is 31.4 Å². The Morgan fingerprint density at radius 3 is 2.57 bits per heavy atom. The van der Waals surface area contributed by atoms with Gasteiger partial charge in [0.1, 0.15) is 12.7 Å². The summed E-state index contributed by atoms with van der Waals surface area (Å²) in [5, 5.41) is 4.83. The van der Waals surface area contributed by atoms with Gasteiger partial charge in [0.05, 0.1) is 12.6 Å². The number of amides is 4. The second kappa shape index (κ2) is 11.4. The van der Waals surface area contributed by atoms with E-state index in [-0.39, 0.29) is 42.8 Å². The number of nitrogens with one attached hydrogen (secondary N) is 2. The van der Waals surface area contributed by atoms with Crippen LogP contribution in [0.25, 0.3) is 0 Å². The van der Waals surface area contributed by atoms with E-state index < -0.39 is 12.7 Å². The van der Waals surface area contributed by atoms with Crippen LogP contribution in [-0.2, 0) is 19.2 Å². The van der Waals surface area contributed by atoms with Gasteiger partial charge in [-0.1, -0.05) is 19.9 Å². The van der Waals surface area contributed by atoms with E-state index in [9.17, 15) is 23.6 Å². The van der Waals surface area contributed by atoms with E-state index in [1.165, 1.54) is 9.80 Å². The van der Waals surface area contributed by atoms with Gasteiger partial charge in [-0.2, -0.15) is 0 Å². The highest BCUT2D eigenvalue weighted by Crippen LogP contribution is 2.21. The molecule has 4 amide bonds. The second-order valence-corrected chi connectivity index (χ2v) is 7.22. The zero-order valence-corrected chi connectivity index (χ0v) is 17.0. The maximum atomic E-state index is 12.9. The van der Waals surface area contributed by atoms with Crippen LogP contribution in [0.3, 0.4) is 0 Å². The Morgan fingerprint density at radius 2 is 2.00 bits per heavy atom. The first kappa shape index (κ1) is 23.6. The van der Waals surface area contributed by atoms with Crippen LogP contribution in [-0.4, -0.2) is 79.4 Å². The molecule has 2 atom stereocenters. The number of hydrogen-bond donors (Lipinski definition) is 2. The SMILES string of the molecule is CC(=C[C@H](C(C)C)N(C)C(=O)CNC=O)C(=O)N1CCCC1C(=O)NCCF. The predicted molar refractivity (Wildman–Crippen MR) is 103 cm³/mol. The first-order chi connectivity index (χ1) is 13.2. The molecule has 1 aliphatic rings. The van der Waals surface area contributed by atoms with Crippen molar-refractivity contribution in [3.8, 4) is 0 Å². The molecule has 1 unspecified atom stereocenters. The van der Waals surface area contributed by atoms with Gasteiger partial charge in [-0.3, -0.25) is 19.2 Å². The number of carbonyl (C=O) groups excluding carboxylic acids is 4. The maximum absolute atomic E-state index is 12.9. The summed E-state index contributed by atoms with van der Waals surface area (Å²) in [6.07, 6.45) is 3.43. The molecule has 1 rings (SSSR count). The first-order valence-electron chi connectivity index (χ1n) is 9.50. The van der Waals surface area contributed by atoms with Crippen molar-refractivity contribution < 1.29 is 23.6 Å². The molecule has 9 heteroatoms. The summed E-state index contributed by atoms with van der Waals surface area (Å²) < 4.78 is 12.3. The molecule has 8 nitrogen and oxygen atoms in total. The lowest BCUT2D eigenvalue weighted by molar-refractivity contribution is -0.135. The Hall–Kier alpha value is -2.45. The minimum absolute atomic E-state index is 0.0372. The third-order valence-corrected chi connectivity index (χ3v) is 4.83. The Balaban J connectivity index is 2.92. The lowest BCUT2D eigenvalue weighted by Crippen LogP contribution is -2.47. The van der Waals surface area contributed by atoms with Crippen molar-refractivity contribution in [3.63, 3.8) is 0 Å².